The third kappa shape index (κ3) is 20.2. The Hall–Kier alpha value is -7.08. The summed E-state index contributed by atoms with van der Waals surface area (Å²) < 4.78 is 41.0. The number of likely N-dealkylation sites (tertiary alicyclic amines) is 1. The topological polar surface area (TPSA) is 158 Å². The Morgan fingerprint density at radius 1 is 0.482 bits per heavy atom. The van der Waals surface area contributed by atoms with E-state index in [2.05, 4.69) is 299 Å². The van der Waals surface area contributed by atoms with Gasteiger partial charge in [0.2, 0.25) is 17.6 Å². The molecule has 5 aromatic rings. The molecular weight excluding hydrogens is 1460 g/mol. The van der Waals surface area contributed by atoms with Crippen LogP contribution in [0, 0.1) is 5.41 Å². The number of allylic oxidation sites excluding steroid dienone is 6. The molecule has 5 aromatic carbocycles. The van der Waals surface area contributed by atoms with Gasteiger partial charge < -0.3 is 38.3 Å². The summed E-state index contributed by atoms with van der Waals surface area (Å²) in [6.45, 7) is 75.2. The number of nitrogens with one attached hydrogen (secondary N) is 1. The molecule has 2 unspecified atom stereocenters. The Kier molecular flexibility index (Phi) is 26.6. The van der Waals surface area contributed by atoms with Crippen LogP contribution in [0.5, 0.6) is 23.0 Å². The first-order valence-electron chi connectivity index (χ1n) is 41.8. The number of rotatable bonds is 24. The highest BCUT2D eigenvalue weighted by Crippen LogP contribution is 2.56. The van der Waals surface area contributed by atoms with Crippen LogP contribution in [-0.4, -0.2) is 70.7 Å². The fourth-order valence-corrected chi connectivity index (χ4v) is 17.8. The monoisotopic (exact) mass is 1600 g/mol. The molecule has 114 heavy (non-hydrogen) atoms. The van der Waals surface area contributed by atoms with Gasteiger partial charge in [-0.2, -0.15) is 0 Å². The maximum atomic E-state index is 15.6. The molecule has 2 amide bonds. The lowest BCUT2D eigenvalue weighted by Crippen LogP contribution is -2.42. The van der Waals surface area contributed by atoms with Crippen LogP contribution in [0.4, 0.5) is 11.4 Å². The molecule has 14 nitrogen and oxygen atoms in total. The van der Waals surface area contributed by atoms with E-state index >= 15 is 4.79 Å². The number of Topliss-reactive ketones (excluding diaryl/α,β-unsaturated/α-hetero) is 1. The molecule has 0 radical (unpaired) electrons. The predicted octanol–water partition coefficient (Wildman–Crippen LogP) is 26.1. The van der Waals surface area contributed by atoms with Gasteiger partial charge in [0.25, 0.3) is 0 Å². The Morgan fingerprint density at radius 3 is 1.20 bits per heavy atom. The van der Waals surface area contributed by atoms with Crippen molar-refractivity contribution in [3.05, 3.63) is 181 Å². The van der Waals surface area contributed by atoms with E-state index < -0.39 is 28.4 Å². The highest BCUT2D eigenvalue weighted by Gasteiger charge is 2.50. The number of hydrogen-bond acceptors (Lipinski definition) is 12. The summed E-state index contributed by atoms with van der Waals surface area (Å²) >= 11 is 0. The maximum absolute atomic E-state index is 15.6. The summed E-state index contributed by atoms with van der Waals surface area (Å²) in [6.07, 6.45) is 6.04. The van der Waals surface area contributed by atoms with Gasteiger partial charge in [0.15, 0.2) is 0 Å². The van der Waals surface area contributed by atoms with Gasteiger partial charge in [-0.1, -0.05) is 242 Å². The zero-order valence-electron chi connectivity index (χ0n) is 76.1. The number of aliphatic hydroxyl groups excluding tert-OH is 1. The van der Waals surface area contributed by atoms with Crippen molar-refractivity contribution >= 4 is 57.5 Å². The molecule has 0 bridgehead atoms. The first-order chi connectivity index (χ1) is 52.2. The van der Waals surface area contributed by atoms with Crippen LogP contribution in [0.2, 0.25) is 0 Å². The van der Waals surface area contributed by atoms with E-state index in [-0.39, 0.29) is 128 Å². The number of carbonyl (C=O) groups excluding carboxylic acids is 3. The average Bonchev–Trinajstić information content (AvgIpc) is 1.62. The van der Waals surface area contributed by atoms with Crippen LogP contribution in [0.3, 0.4) is 0 Å². The molecule has 16 heteroatoms. The first-order valence-corrected chi connectivity index (χ1v) is 44.0. The molecule has 9 rings (SSSR count). The number of carbonyl (C=O) groups is 3. The number of fused-ring (bicyclic) bond motifs is 2. The molecule has 0 aromatic heterocycles. The summed E-state index contributed by atoms with van der Waals surface area (Å²) in [5, 5.41) is 16.1. The third-order valence-corrected chi connectivity index (χ3v) is 25.7. The fourth-order valence-electron chi connectivity index (χ4n) is 15.7. The molecule has 0 saturated carbocycles. The smallest absolute Gasteiger partial charge is 0.463 e. The second-order valence-corrected chi connectivity index (χ2v) is 44.5. The van der Waals surface area contributed by atoms with E-state index in [1.54, 1.807) is 0 Å². The van der Waals surface area contributed by atoms with E-state index in [0.29, 0.717) is 71.2 Å². The van der Waals surface area contributed by atoms with Crippen molar-refractivity contribution < 1.29 is 46.6 Å². The number of anilines is 2. The molecule has 622 valence electrons. The van der Waals surface area contributed by atoms with Gasteiger partial charge in [0, 0.05) is 92.6 Å². The summed E-state index contributed by atoms with van der Waals surface area (Å²) in [5.74, 6) is 1.53. The van der Waals surface area contributed by atoms with Crippen LogP contribution in [0.25, 0.3) is 5.57 Å². The van der Waals surface area contributed by atoms with E-state index in [1.807, 2.05) is 48.6 Å². The van der Waals surface area contributed by atoms with Crippen LogP contribution >= 0.6 is 17.2 Å². The predicted molar refractivity (Wildman–Crippen MR) is 477 cm³/mol. The Labute approximate surface area is 689 Å². The second kappa shape index (κ2) is 33.4. The quantitative estimate of drug-likeness (QED) is 0.0343. The Morgan fingerprint density at radius 2 is 0.851 bits per heavy atom. The minimum Gasteiger partial charge on any atom is -0.506 e. The largest absolute Gasteiger partial charge is 0.506 e. The van der Waals surface area contributed by atoms with Gasteiger partial charge in [-0.25, -0.2) is 4.99 Å². The van der Waals surface area contributed by atoms with E-state index in [0.717, 1.165) is 44.8 Å². The number of aliphatic imine (C=N–C) groups is 1. The van der Waals surface area contributed by atoms with Crippen molar-refractivity contribution in [2.45, 2.75) is 347 Å². The number of aliphatic hydroxyl groups is 1. The van der Waals surface area contributed by atoms with Crippen molar-refractivity contribution in [1.29, 1.82) is 0 Å². The van der Waals surface area contributed by atoms with E-state index in [9.17, 15) is 14.7 Å². The number of ketones is 1. The lowest BCUT2D eigenvalue weighted by molar-refractivity contribution is -0.118. The fraction of sp³-hybridized carbons (Fsp3) is 0.571. The molecule has 2 aliphatic carbocycles. The lowest BCUT2D eigenvalue weighted by Gasteiger charge is -2.34. The third-order valence-electron chi connectivity index (χ3n) is 23.5. The standard InChI is InChI=1S/C98H140N4O10P2/c1-59(2)101-61(5)97(31,32)69-55-67(75(57-77(69)101)99-83(103)39-35-37-49-107-113(109-79-45-41-63(89(7,8)9)51-71(79)93(19,20)21)110-80-46-42-64(90(10,11)12)52-72(80)94(22,23)24)85-87(105)86(88(85)106)68-56-70-78(102(60(3)4)62(6)98(70,33)34)58-76(68)100-84(104)40-36-38-50-108-114(111-81-47-43-65(91(13,14)15)53-73(81)95(25,26)27)112-82-48-44-66(92(16,17)18)54-74(82)96(28,29)30/h41-48,51-62,105H,35-40,49-50H2,1-34H3,(H,99,103). The van der Waals surface area contributed by atoms with Crippen molar-refractivity contribution in [3.63, 3.8) is 0 Å². The highest BCUT2D eigenvalue weighted by molar-refractivity contribution is 7.42. The molecule has 2 aliphatic heterocycles. The molecule has 1 saturated heterocycles. The molecule has 2 N–H and O–H groups in total. The van der Waals surface area contributed by atoms with Crippen LogP contribution in [0.15, 0.2) is 130 Å². The minimum absolute atomic E-state index is 0.0484. The molecule has 2 heterocycles. The van der Waals surface area contributed by atoms with Crippen LogP contribution < -0.4 is 28.3 Å². The number of benzene rings is 5. The van der Waals surface area contributed by atoms with Crippen molar-refractivity contribution in [2.75, 3.05) is 23.4 Å². The summed E-state index contributed by atoms with van der Waals surface area (Å²) in [7, 11) is -4.01. The summed E-state index contributed by atoms with van der Waals surface area (Å²) in [4.78, 5) is 54.5. The zero-order chi connectivity index (χ0) is 85.3. The van der Waals surface area contributed by atoms with Gasteiger partial charge in [-0.15, -0.1) is 0 Å². The molecule has 4 aliphatic rings. The molecular formula is C98H140N4O10P2. The van der Waals surface area contributed by atoms with Crippen molar-refractivity contribution in [3.8, 4) is 23.0 Å². The van der Waals surface area contributed by atoms with Gasteiger partial charge >= 0.3 is 17.2 Å². The molecule has 2 atom stereocenters. The van der Waals surface area contributed by atoms with Crippen molar-refractivity contribution in [2.24, 2.45) is 10.4 Å². The minimum atomic E-state index is -2.01. The Bertz CT molecular complexity index is 4450. The maximum Gasteiger partial charge on any atom is 0.463 e. The average molecular weight is 1600 g/mol. The number of nitrogens with zero attached hydrogens (tertiary/aromatic N) is 3. The summed E-state index contributed by atoms with van der Waals surface area (Å²) in [5.41, 5.74) is 12.4. The molecule has 0 spiro atoms. The van der Waals surface area contributed by atoms with E-state index in [1.165, 1.54) is 22.3 Å². The highest BCUT2D eigenvalue weighted by atomic mass is 31.2. The van der Waals surface area contributed by atoms with Gasteiger partial charge in [-0.3, -0.25) is 23.4 Å². The Balaban J connectivity index is 1.00. The second-order valence-electron chi connectivity index (χ2n) is 42.3. The molecule has 1 fully saturated rings. The first kappa shape index (κ1) is 90.8. The van der Waals surface area contributed by atoms with Crippen LogP contribution in [-0.2, 0) is 72.2 Å². The number of amides is 2. The van der Waals surface area contributed by atoms with Gasteiger partial charge in [0.05, 0.1) is 35.8 Å². The van der Waals surface area contributed by atoms with Gasteiger partial charge in [-0.05, 0) is 192 Å². The normalized spacial score (nSPS) is 18.6. The number of unbranched alkanes of at least 4 members (excludes halogenated alkanes) is 2. The zero-order valence-corrected chi connectivity index (χ0v) is 77.9. The lowest BCUT2D eigenvalue weighted by atomic mass is 9.73. The number of hydrogen-bond donors (Lipinski definition) is 2. The van der Waals surface area contributed by atoms with Crippen LogP contribution in [0.1, 0.15) is 330 Å². The van der Waals surface area contributed by atoms with Gasteiger partial charge in [0.1, 0.15) is 28.8 Å². The summed E-state index contributed by atoms with van der Waals surface area (Å²) in [6, 6.07) is 29.9. The van der Waals surface area contributed by atoms with Crippen molar-refractivity contribution in [1.82, 2.24) is 4.90 Å². The SMILES string of the molecule is CC(C)N1C2=CC(=NC(=O)CCCCOP(Oc3ccc(C(C)(C)C)cc3C(C)(C)C)Oc3ccc(C(C)(C)C)cc3C(C)(C)C)C(=C3C(=O)C(c4cc5c(cc4NC(=O)CCCCOP(Oc4ccc(C(C)(C)C)cc4C(C)(C)C)Oc4ccc(C(C)(C)C)cc4C(C)(C)C)N(C(C)C)C(C)C5(C)C)=C3O)C=C2C(C)(C)C1C. The van der Waals surface area contributed by atoms with E-state index in [4.69, 9.17) is 32.1 Å².